The lowest BCUT2D eigenvalue weighted by atomic mass is 10.00. The Bertz CT molecular complexity index is 379. The van der Waals surface area contributed by atoms with Crippen LogP contribution in [0.3, 0.4) is 0 Å². The van der Waals surface area contributed by atoms with Crippen LogP contribution in [0.1, 0.15) is 51.8 Å². The molecular weight excluding hydrogens is 248 g/mol. The number of likely N-dealkylation sites (tertiary alicyclic amines) is 1. The first-order valence-corrected chi connectivity index (χ1v) is 7.90. The standard InChI is InChI=1S/C16H28N4/c1-13(2)12-20-9-5-4-6-15(20)10-19-14(3)16-11-17-7-8-18-16/h7-8,11,13-15,19H,4-6,9-10,12H2,1-3H3/t14-,15+/m0/s1. The minimum Gasteiger partial charge on any atom is -0.307 e. The van der Waals surface area contributed by atoms with E-state index in [1.54, 1.807) is 12.4 Å². The van der Waals surface area contributed by atoms with Crippen molar-refractivity contribution in [2.45, 2.75) is 52.1 Å². The normalized spacial score (nSPS) is 22.1. The summed E-state index contributed by atoms with van der Waals surface area (Å²) in [4.78, 5) is 11.2. The van der Waals surface area contributed by atoms with Crippen molar-refractivity contribution in [2.24, 2.45) is 5.92 Å². The molecule has 1 aliphatic rings. The van der Waals surface area contributed by atoms with Crippen molar-refractivity contribution in [1.29, 1.82) is 0 Å². The fourth-order valence-electron chi connectivity index (χ4n) is 2.95. The summed E-state index contributed by atoms with van der Waals surface area (Å²) in [6.45, 7) is 10.3. The Morgan fingerprint density at radius 3 is 2.85 bits per heavy atom. The highest BCUT2D eigenvalue weighted by Gasteiger charge is 2.23. The van der Waals surface area contributed by atoms with Gasteiger partial charge in [0.05, 0.1) is 5.69 Å². The summed E-state index contributed by atoms with van der Waals surface area (Å²) in [5.74, 6) is 0.744. The molecule has 4 heteroatoms. The third-order valence-electron chi connectivity index (χ3n) is 4.04. The van der Waals surface area contributed by atoms with Gasteiger partial charge in [0.15, 0.2) is 0 Å². The molecule has 1 saturated heterocycles. The predicted molar refractivity (Wildman–Crippen MR) is 82.5 cm³/mol. The third kappa shape index (κ3) is 4.53. The van der Waals surface area contributed by atoms with Gasteiger partial charge in [-0.25, -0.2) is 0 Å². The molecule has 0 amide bonds. The van der Waals surface area contributed by atoms with E-state index >= 15 is 0 Å². The van der Waals surface area contributed by atoms with Gasteiger partial charge in [-0.3, -0.25) is 14.9 Å². The quantitative estimate of drug-likeness (QED) is 0.867. The van der Waals surface area contributed by atoms with Crippen molar-refractivity contribution >= 4 is 0 Å². The number of rotatable bonds is 6. The average Bonchev–Trinajstić information content (AvgIpc) is 2.46. The van der Waals surface area contributed by atoms with Crippen LogP contribution >= 0.6 is 0 Å². The van der Waals surface area contributed by atoms with Gasteiger partial charge in [-0.15, -0.1) is 0 Å². The lowest BCUT2D eigenvalue weighted by Crippen LogP contribution is -2.47. The maximum Gasteiger partial charge on any atom is 0.0753 e. The summed E-state index contributed by atoms with van der Waals surface area (Å²) in [5.41, 5.74) is 1.03. The molecule has 0 spiro atoms. The Hall–Kier alpha value is -1.00. The highest BCUT2D eigenvalue weighted by atomic mass is 15.2. The van der Waals surface area contributed by atoms with Crippen LogP contribution in [-0.4, -0.2) is 40.5 Å². The molecule has 0 aliphatic carbocycles. The van der Waals surface area contributed by atoms with E-state index in [0.717, 1.165) is 18.2 Å². The minimum atomic E-state index is 0.270. The Labute approximate surface area is 123 Å². The monoisotopic (exact) mass is 276 g/mol. The molecule has 4 nitrogen and oxygen atoms in total. The van der Waals surface area contributed by atoms with Crippen molar-refractivity contribution in [3.8, 4) is 0 Å². The molecule has 1 N–H and O–H groups in total. The zero-order chi connectivity index (χ0) is 14.4. The predicted octanol–water partition coefficient (Wildman–Crippen LogP) is 2.64. The van der Waals surface area contributed by atoms with Crippen LogP contribution in [0.15, 0.2) is 18.6 Å². The fourth-order valence-corrected chi connectivity index (χ4v) is 2.95. The van der Waals surface area contributed by atoms with Crippen molar-refractivity contribution < 1.29 is 0 Å². The van der Waals surface area contributed by atoms with Crippen LogP contribution in [0, 0.1) is 5.92 Å². The van der Waals surface area contributed by atoms with Gasteiger partial charge in [0, 0.05) is 43.8 Å². The number of hydrogen-bond donors (Lipinski definition) is 1. The summed E-state index contributed by atoms with van der Waals surface area (Å²) in [7, 11) is 0. The third-order valence-corrected chi connectivity index (χ3v) is 4.04. The maximum atomic E-state index is 4.37. The second-order valence-corrected chi connectivity index (χ2v) is 6.30. The maximum absolute atomic E-state index is 4.37. The van der Waals surface area contributed by atoms with Crippen LogP contribution in [0.25, 0.3) is 0 Å². The molecule has 0 unspecified atom stereocenters. The second-order valence-electron chi connectivity index (χ2n) is 6.30. The summed E-state index contributed by atoms with van der Waals surface area (Å²) < 4.78 is 0. The highest BCUT2D eigenvalue weighted by molar-refractivity contribution is 5.00. The molecule has 1 aromatic rings. The Morgan fingerprint density at radius 1 is 1.30 bits per heavy atom. The van der Waals surface area contributed by atoms with Gasteiger partial charge in [-0.2, -0.15) is 0 Å². The summed E-state index contributed by atoms with van der Waals surface area (Å²) >= 11 is 0. The lowest BCUT2D eigenvalue weighted by Gasteiger charge is -2.37. The molecule has 0 aromatic carbocycles. The molecule has 0 saturated carbocycles. The van der Waals surface area contributed by atoms with E-state index in [1.165, 1.54) is 32.4 Å². The van der Waals surface area contributed by atoms with E-state index in [4.69, 9.17) is 0 Å². The zero-order valence-electron chi connectivity index (χ0n) is 13.0. The van der Waals surface area contributed by atoms with Gasteiger partial charge in [-0.05, 0) is 32.2 Å². The first-order valence-electron chi connectivity index (χ1n) is 7.90. The van der Waals surface area contributed by atoms with Crippen LogP contribution in [0.2, 0.25) is 0 Å². The van der Waals surface area contributed by atoms with Crippen LogP contribution in [0.5, 0.6) is 0 Å². The van der Waals surface area contributed by atoms with Crippen LogP contribution in [0.4, 0.5) is 0 Å². The lowest BCUT2D eigenvalue weighted by molar-refractivity contribution is 0.127. The minimum absolute atomic E-state index is 0.270. The summed E-state index contributed by atoms with van der Waals surface area (Å²) in [6.07, 6.45) is 9.36. The average molecular weight is 276 g/mol. The number of nitrogens with zero attached hydrogens (tertiary/aromatic N) is 3. The summed E-state index contributed by atoms with van der Waals surface area (Å²) in [6, 6.07) is 0.941. The fraction of sp³-hybridized carbons (Fsp3) is 0.750. The molecule has 1 aromatic heterocycles. The topological polar surface area (TPSA) is 41.0 Å². The second kappa shape index (κ2) is 7.70. The number of aromatic nitrogens is 2. The molecule has 1 aliphatic heterocycles. The van der Waals surface area contributed by atoms with E-state index in [9.17, 15) is 0 Å². The van der Waals surface area contributed by atoms with Gasteiger partial charge >= 0.3 is 0 Å². The van der Waals surface area contributed by atoms with E-state index in [2.05, 4.69) is 41.0 Å². The van der Waals surface area contributed by atoms with Gasteiger partial charge in [0.25, 0.3) is 0 Å². The van der Waals surface area contributed by atoms with Gasteiger partial charge in [0.1, 0.15) is 0 Å². The Morgan fingerprint density at radius 2 is 2.15 bits per heavy atom. The van der Waals surface area contributed by atoms with E-state index < -0.39 is 0 Å². The Balaban J connectivity index is 1.84. The molecule has 1 fully saturated rings. The molecule has 0 radical (unpaired) electrons. The van der Waals surface area contributed by atoms with Gasteiger partial charge in [-0.1, -0.05) is 20.3 Å². The van der Waals surface area contributed by atoms with E-state index in [1.807, 2.05) is 6.20 Å². The summed E-state index contributed by atoms with van der Waals surface area (Å²) in [5, 5.41) is 3.63. The van der Waals surface area contributed by atoms with E-state index in [0.29, 0.717) is 6.04 Å². The van der Waals surface area contributed by atoms with Crippen molar-refractivity contribution in [2.75, 3.05) is 19.6 Å². The molecule has 2 atom stereocenters. The number of hydrogen-bond acceptors (Lipinski definition) is 4. The number of piperidine rings is 1. The largest absolute Gasteiger partial charge is 0.307 e. The van der Waals surface area contributed by atoms with Crippen LogP contribution in [-0.2, 0) is 0 Å². The van der Waals surface area contributed by atoms with Crippen LogP contribution < -0.4 is 5.32 Å². The first kappa shape index (κ1) is 15.4. The molecule has 2 rings (SSSR count). The molecule has 112 valence electrons. The Kier molecular flexibility index (Phi) is 5.92. The van der Waals surface area contributed by atoms with Gasteiger partial charge < -0.3 is 5.32 Å². The van der Waals surface area contributed by atoms with Crippen molar-refractivity contribution in [1.82, 2.24) is 20.2 Å². The van der Waals surface area contributed by atoms with Crippen molar-refractivity contribution in [3.05, 3.63) is 24.3 Å². The molecule has 2 heterocycles. The number of nitrogens with one attached hydrogen (secondary N) is 1. The molecular formula is C16H28N4. The molecule has 20 heavy (non-hydrogen) atoms. The highest BCUT2D eigenvalue weighted by Crippen LogP contribution is 2.18. The first-order chi connectivity index (χ1) is 9.66. The van der Waals surface area contributed by atoms with E-state index in [-0.39, 0.29) is 6.04 Å². The zero-order valence-corrected chi connectivity index (χ0v) is 13.0. The van der Waals surface area contributed by atoms with Gasteiger partial charge in [0.2, 0.25) is 0 Å². The smallest absolute Gasteiger partial charge is 0.0753 e. The SMILES string of the molecule is CC(C)CN1CCCC[C@@H]1CN[C@@H](C)c1cnccn1. The molecule has 0 bridgehead atoms. The van der Waals surface area contributed by atoms with Crippen molar-refractivity contribution in [3.63, 3.8) is 0 Å².